The van der Waals surface area contributed by atoms with Gasteiger partial charge in [-0.05, 0) is 43.2 Å². The number of hydrogen-bond acceptors (Lipinski definition) is 3. The molecular weight excluding hydrogens is 232 g/mol. The van der Waals surface area contributed by atoms with Crippen LogP contribution in [-0.2, 0) is 0 Å². The van der Waals surface area contributed by atoms with Gasteiger partial charge >= 0.3 is 5.97 Å². The molecule has 0 fully saturated rings. The summed E-state index contributed by atoms with van der Waals surface area (Å²) in [5, 5.41) is 15.4. The number of aromatic nitrogens is 2. The van der Waals surface area contributed by atoms with Gasteiger partial charge in [-0.15, -0.1) is 0 Å². The minimum atomic E-state index is -1.02. The number of hydrogen-bond donors (Lipinski definition) is 2. The average molecular weight is 246 g/mol. The Balaban J connectivity index is 2.50. The van der Waals surface area contributed by atoms with Crippen molar-refractivity contribution in [3.8, 4) is 17.0 Å². The summed E-state index contributed by atoms with van der Waals surface area (Å²) in [4.78, 5) is 10.8. The molecule has 1 aromatic heterocycles. The summed E-state index contributed by atoms with van der Waals surface area (Å²) in [6, 6.07) is 5.26. The van der Waals surface area contributed by atoms with Crippen LogP contribution in [0.25, 0.3) is 11.3 Å². The number of nitrogens with zero attached hydrogens (tertiary/aromatic N) is 1. The SMILES string of the molecule is COc1ccc(-c2cc(C(=O)O)[nH]n2)c(C)c1C. The maximum Gasteiger partial charge on any atom is 0.353 e. The van der Waals surface area contributed by atoms with Gasteiger partial charge in [-0.25, -0.2) is 4.79 Å². The van der Waals surface area contributed by atoms with E-state index in [4.69, 9.17) is 9.84 Å². The molecule has 5 nitrogen and oxygen atoms in total. The highest BCUT2D eigenvalue weighted by Gasteiger charge is 2.13. The maximum absolute atomic E-state index is 10.8. The van der Waals surface area contributed by atoms with E-state index in [0.29, 0.717) is 5.69 Å². The van der Waals surface area contributed by atoms with Crippen molar-refractivity contribution in [2.24, 2.45) is 0 Å². The highest BCUT2D eigenvalue weighted by Crippen LogP contribution is 2.30. The lowest BCUT2D eigenvalue weighted by atomic mass is 10.00. The molecule has 0 saturated carbocycles. The van der Waals surface area contributed by atoms with Crippen LogP contribution in [0.5, 0.6) is 5.75 Å². The number of nitrogens with one attached hydrogen (secondary N) is 1. The Bertz CT molecular complexity index is 602. The smallest absolute Gasteiger partial charge is 0.353 e. The number of carboxylic acid groups (broad SMARTS) is 1. The fraction of sp³-hybridized carbons (Fsp3) is 0.231. The first-order valence-electron chi connectivity index (χ1n) is 5.48. The summed E-state index contributed by atoms with van der Waals surface area (Å²) in [5.41, 5.74) is 3.65. The number of ether oxygens (including phenoxy) is 1. The van der Waals surface area contributed by atoms with E-state index in [9.17, 15) is 4.79 Å². The second kappa shape index (κ2) is 4.52. The lowest BCUT2D eigenvalue weighted by molar-refractivity contribution is 0.0690. The van der Waals surface area contributed by atoms with Gasteiger partial charge in [0, 0.05) is 5.56 Å². The molecule has 0 amide bonds. The van der Waals surface area contributed by atoms with Gasteiger partial charge in [-0.1, -0.05) is 0 Å². The molecule has 0 aliphatic rings. The van der Waals surface area contributed by atoms with Gasteiger partial charge in [0.15, 0.2) is 0 Å². The van der Waals surface area contributed by atoms with E-state index in [1.807, 2.05) is 26.0 Å². The zero-order valence-electron chi connectivity index (χ0n) is 10.4. The molecule has 1 aromatic carbocycles. The molecule has 5 heteroatoms. The molecule has 0 saturated heterocycles. The van der Waals surface area contributed by atoms with E-state index in [0.717, 1.165) is 22.4 Å². The van der Waals surface area contributed by atoms with Crippen LogP contribution < -0.4 is 4.74 Å². The second-order valence-corrected chi connectivity index (χ2v) is 4.04. The normalized spacial score (nSPS) is 10.4. The molecule has 0 aliphatic carbocycles. The average Bonchev–Trinajstić information content (AvgIpc) is 2.82. The van der Waals surface area contributed by atoms with Gasteiger partial charge in [0.1, 0.15) is 11.4 Å². The van der Waals surface area contributed by atoms with E-state index in [1.54, 1.807) is 7.11 Å². The molecule has 18 heavy (non-hydrogen) atoms. The van der Waals surface area contributed by atoms with Crippen LogP contribution in [0.15, 0.2) is 18.2 Å². The van der Waals surface area contributed by atoms with E-state index < -0.39 is 5.97 Å². The number of rotatable bonds is 3. The lowest BCUT2D eigenvalue weighted by Crippen LogP contribution is -1.95. The summed E-state index contributed by atoms with van der Waals surface area (Å²) >= 11 is 0. The van der Waals surface area contributed by atoms with Gasteiger partial charge in [0.2, 0.25) is 0 Å². The minimum Gasteiger partial charge on any atom is -0.496 e. The fourth-order valence-electron chi connectivity index (χ4n) is 1.86. The van der Waals surface area contributed by atoms with Crippen molar-refractivity contribution in [3.63, 3.8) is 0 Å². The minimum absolute atomic E-state index is 0.0814. The Labute approximate surface area is 104 Å². The van der Waals surface area contributed by atoms with Crippen LogP contribution in [0, 0.1) is 13.8 Å². The molecule has 0 unspecified atom stereocenters. The predicted molar refractivity (Wildman–Crippen MR) is 67.0 cm³/mol. The molecule has 0 spiro atoms. The first-order valence-corrected chi connectivity index (χ1v) is 5.48. The number of aromatic amines is 1. The predicted octanol–water partition coefficient (Wildman–Crippen LogP) is 2.40. The van der Waals surface area contributed by atoms with Gasteiger partial charge in [-0.3, -0.25) is 5.10 Å². The molecule has 1 heterocycles. The standard InChI is InChI=1S/C13H14N2O3/c1-7-8(2)12(18-3)5-4-9(7)10-6-11(13(16)17)15-14-10/h4-6H,1-3H3,(H,14,15)(H,16,17). The Morgan fingerprint density at radius 2 is 2.06 bits per heavy atom. The van der Waals surface area contributed by atoms with Crippen molar-refractivity contribution < 1.29 is 14.6 Å². The molecule has 0 bridgehead atoms. The first kappa shape index (κ1) is 12.2. The molecule has 2 aromatic rings. The maximum atomic E-state index is 10.8. The van der Waals surface area contributed by atoms with Crippen molar-refractivity contribution in [1.82, 2.24) is 10.2 Å². The van der Waals surface area contributed by atoms with Crippen molar-refractivity contribution in [3.05, 3.63) is 35.0 Å². The fourth-order valence-corrected chi connectivity index (χ4v) is 1.86. The van der Waals surface area contributed by atoms with Crippen molar-refractivity contribution in [1.29, 1.82) is 0 Å². The van der Waals surface area contributed by atoms with Crippen LogP contribution in [0.1, 0.15) is 21.6 Å². The van der Waals surface area contributed by atoms with Crippen molar-refractivity contribution in [2.45, 2.75) is 13.8 Å². The van der Waals surface area contributed by atoms with Gasteiger partial charge < -0.3 is 9.84 Å². The van der Waals surface area contributed by atoms with Gasteiger partial charge in [-0.2, -0.15) is 5.10 Å². The Morgan fingerprint density at radius 3 is 2.61 bits per heavy atom. The van der Waals surface area contributed by atoms with Crippen molar-refractivity contribution in [2.75, 3.05) is 7.11 Å². The van der Waals surface area contributed by atoms with E-state index >= 15 is 0 Å². The molecule has 0 radical (unpaired) electrons. The largest absolute Gasteiger partial charge is 0.496 e. The Morgan fingerprint density at radius 1 is 1.33 bits per heavy atom. The zero-order valence-corrected chi connectivity index (χ0v) is 10.4. The lowest BCUT2D eigenvalue weighted by Gasteiger charge is -2.10. The number of carboxylic acids is 1. The molecule has 0 atom stereocenters. The third-order valence-electron chi connectivity index (χ3n) is 3.04. The molecule has 94 valence electrons. The highest BCUT2D eigenvalue weighted by molar-refractivity contribution is 5.87. The second-order valence-electron chi connectivity index (χ2n) is 4.04. The van der Waals surface area contributed by atoms with Crippen LogP contribution >= 0.6 is 0 Å². The molecule has 2 rings (SSSR count). The van der Waals surface area contributed by atoms with Gasteiger partial charge in [0.25, 0.3) is 0 Å². The number of methoxy groups -OCH3 is 1. The van der Waals surface area contributed by atoms with E-state index in [2.05, 4.69) is 10.2 Å². The third-order valence-corrected chi connectivity index (χ3v) is 3.04. The Hall–Kier alpha value is -2.30. The van der Waals surface area contributed by atoms with Crippen LogP contribution in [0.2, 0.25) is 0 Å². The zero-order chi connectivity index (χ0) is 13.3. The van der Waals surface area contributed by atoms with Crippen molar-refractivity contribution >= 4 is 5.97 Å². The van der Waals surface area contributed by atoms with Crippen LogP contribution in [-0.4, -0.2) is 28.4 Å². The molecular formula is C13H14N2O3. The number of carbonyl (C=O) groups is 1. The summed E-state index contributed by atoms with van der Waals surface area (Å²) < 4.78 is 5.24. The monoisotopic (exact) mass is 246 g/mol. The summed E-state index contributed by atoms with van der Waals surface area (Å²) in [6.45, 7) is 3.92. The van der Waals surface area contributed by atoms with Crippen LogP contribution in [0.4, 0.5) is 0 Å². The molecule has 0 aliphatic heterocycles. The summed E-state index contributed by atoms with van der Waals surface area (Å²) in [6.07, 6.45) is 0. The quantitative estimate of drug-likeness (QED) is 0.872. The van der Waals surface area contributed by atoms with Gasteiger partial charge in [0.05, 0.1) is 12.8 Å². The van der Waals surface area contributed by atoms with Crippen LogP contribution in [0.3, 0.4) is 0 Å². The number of aromatic carboxylic acids is 1. The summed E-state index contributed by atoms with van der Waals surface area (Å²) in [7, 11) is 1.62. The van der Waals surface area contributed by atoms with E-state index in [-0.39, 0.29) is 5.69 Å². The topological polar surface area (TPSA) is 75.2 Å². The first-order chi connectivity index (χ1) is 8.54. The highest BCUT2D eigenvalue weighted by atomic mass is 16.5. The van der Waals surface area contributed by atoms with E-state index in [1.165, 1.54) is 6.07 Å². The Kier molecular flexibility index (Phi) is 3.06. The summed E-state index contributed by atoms with van der Waals surface area (Å²) in [5.74, 6) is -0.207. The molecule has 2 N–H and O–H groups in total. The third kappa shape index (κ3) is 1.95. The number of H-pyrrole nitrogens is 1. The number of benzene rings is 1.